The van der Waals surface area contributed by atoms with E-state index in [2.05, 4.69) is 4.99 Å². The highest BCUT2D eigenvalue weighted by Crippen LogP contribution is 2.39. The number of hydrogen-bond acceptors (Lipinski definition) is 4. The fraction of sp³-hybridized carbons (Fsp3) is 0.333. The molecule has 2 aliphatic heterocycles. The molecular weight excluding hydrogens is 428 g/mol. The Morgan fingerprint density at radius 1 is 1.07 bits per heavy atom. The molecule has 4 rings (SSSR count). The summed E-state index contributed by atoms with van der Waals surface area (Å²) in [6.07, 6.45) is 0.968. The second-order valence-corrected chi connectivity index (χ2v) is 11.1. The highest BCUT2D eigenvalue weighted by atomic mass is 35.5. The maximum absolute atomic E-state index is 12.5. The van der Waals surface area contributed by atoms with Crippen LogP contribution in [0.5, 0.6) is 0 Å². The molecule has 8 heteroatoms. The standard InChI is InChI=1S/C21H21ClN2O3S2/c22-17-9-6-16(7-10-17)12-24-18-13-29(26,27)14-19(18)28-21(24)23-20(25)11-8-15-4-2-1-3-5-15/h1-7,9-10,18-19H,8,11-14H2/t18-,19+/m0/s1. The van der Waals surface area contributed by atoms with Crippen LogP contribution in [0.4, 0.5) is 0 Å². The minimum Gasteiger partial charge on any atom is -0.342 e. The molecule has 2 aliphatic rings. The molecule has 1 amide bonds. The molecule has 0 unspecified atom stereocenters. The Kier molecular flexibility index (Phi) is 5.99. The van der Waals surface area contributed by atoms with E-state index in [4.69, 9.17) is 11.6 Å². The Labute approximate surface area is 180 Å². The number of aryl methyl sites for hydroxylation is 1. The van der Waals surface area contributed by atoms with Crippen LogP contribution in [0.3, 0.4) is 0 Å². The van der Waals surface area contributed by atoms with Gasteiger partial charge in [0.05, 0.1) is 17.5 Å². The largest absolute Gasteiger partial charge is 0.342 e. The quantitative estimate of drug-likeness (QED) is 0.699. The third kappa shape index (κ3) is 5.02. The van der Waals surface area contributed by atoms with Gasteiger partial charge >= 0.3 is 0 Å². The van der Waals surface area contributed by atoms with Crippen LogP contribution >= 0.6 is 23.4 Å². The molecule has 2 saturated heterocycles. The predicted octanol–water partition coefficient (Wildman–Crippen LogP) is 3.57. The van der Waals surface area contributed by atoms with Crippen molar-refractivity contribution in [3.63, 3.8) is 0 Å². The number of amidine groups is 1. The van der Waals surface area contributed by atoms with Crippen LogP contribution in [0.2, 0.25) is 5.02 Å². The summed E-state index contributed by atoms with van der Waals surface area (Å²) in [4.78, 5) is 18.8. The van der Waals surface area contributed by atoms with Crippen LogP contribution in [0.15, 0.2) is 59.6 Å². The van der Waals surface area contributed by atoms with Gasteiger partial charge in [-0.05, 0) is 29.7 Å². The Morgan fingerprint density at radius 3 is 2.52 bits per heavy atom. The zero-order valence-corrected chi connectivity index (χ0v) is 18.1. The maximum Gasteiger partial charge on any atom is 0.248 e. The lowest BCUT2D eigenvalue weighted by atomic mass is 10.1. The van der Waals surface area contributed by atoms with Crippen molar-refractivity contribution < 1.29 is 13.2 Å². The van der Waals surface area contributed by atoms with Gasteiger partial charge in [0.15, 0.2) is 15.0 Å². The van der Waals surface area contributed by atoms with Gasteiger partial charge in [-0.25, -0.2) is 8.42 Å². The van der Waals surface area contributed by atoms with E-state index in [9.17, 15) is 13.2 Å². The lowest BCUT2D eigenvalue weighted by Crippen LogP contribution is -2.37. The summed E-state index contributed by atoms with van der Waals surface area (Å²) in [5.41, 5.74) is 2.10. The lowest BCUT2D eigenvalue weighted by molar-refractivity contribution is -0.117. The van der Waals surface area contributed by atoms with Crippen molar-refractivity contribution in [1.29, 1.82) is 0 Å². The molecule has 2 atom stereocenters. The first-order valence-electron chi connectivity index (χ1n) is 9.43. The van der Waals surface area contributed by atoms with Crippen LogP contribution < -0.4 is 0 Å². The number of thioether (sulfide) groups is 1. The second kappa shape index (κ2) is 8.50. The minimum absolute atomic E-state index is 0.0760. The van der Waals surface area contributed by atoms with Crippen LogP contribution in [-0.4, -0.2) is 47.2 Å². The van der Waals surface area contributed by atoms with Crippen LogP contribution in [0.25, 0.3) is 0 Å². The van der Waals surface area contributed by atoms with Gasteiger partial charge in [-0.3, -0.25) is 4.79 Å². The van der Waals surface area contributed by atoms with E-state index in [0.717, 1.165) is 11.1 Å². The number of benzene rings is 2. The van der Waals surface area contributed by atoms with Crippen LogP contribution in [0.1, 0.15) is 17.5 Å². The Bertz CT molecular complexity index is 1020. The van der Waals surface area contributed by atoms with E-state index in [1.54, 1.807) is 0 Å². The number of sulfone groups is 1. The fourth-order valence-electron chi connectivity index (χ4n) is 3.67. The first-order valence-corrected chi connectivity index (χ1v) is 12.5. The van der Waals surface area contributed by atoms with Gasteiger partial charge < -0.3 is 4.90 Å². The molecule has 0 saturated carbocycles. The van der Waals surface area contributed by atoms with Crippen molar-refractivity contribution in [2.24, 2.45) is 4.99 Å². The third-order valence-corrected chi connectivity index (χ3v) is 8.63. The Morgan fingerprint density at radius 2 is 1.79 bits per heavy atom. The number of carbonyl (C=O) groups excluding carboxylic acids is 1. The van der Waals surface area contributed by atoms with E-state index in [0.29, 0.717) is 29.6 Å². The van der Waals surface area contributed by atoms with E-state index < -0.39 is 9.84 Å². The van der Waals surface area contributed by atoms with Gasteiger partial charge in [0.2, 0.25) is 5.91 Å². The molecule has 5 nitrogen and oxygen atoms in total. The summed E-state index contributed by atoms with van der Waals surface area (Å²) in [5.74, 6) is 0.0619. The van der Waals surface area contributed by atoms with Crippen molar-refractivity contribution in [2.75, 3.05) is 11.5 Å². The topological polar surface area (TPSA) is 66.8 Å². The van der Waals surface area contributed by atoms with E-state index in [-0.39, 0.29) is 28.7 Å². The molecule has 2 aromatic rings. The van der Waals surface area contributed by atoms with Gasteiger partial charge in [0.1, 0.15) is 0 Å². The van der Waals surface area contributed by atoms with Gasteiger partial charge in [0.25, 0.3) is 0 Å². The normalized spacial score (nSPS) is 24.0. The van der Waals surface area contributed by atoms with E-state index in [1.807, 2.05) is 59.5 Å². The summed E-state index contributed by atoms with van der Waals surface area (Å²) in [6, 6.07) is 17.1. The second-order valence-electron chi connectivity index (χ2n) is 7.33. The number of rotatable bonds is 5. The number of nitrogens with zero attached hydrogens (tertiary/aromatic N) is 2. The number of aliphatic imine (C=N–C) groups is 1. The first kappa shape index (κ1) is 20.4. The average molecular weight is 449 g/mol. The molecule has 0 spiro atoms. The number of carbonyl (C=O) groups is 1. The molecule has 2 heterocycles. The molecule has 2 fully saturated rings. The number of fused-ring (bicyclic) bond motifs is 1. The predicted molar refractivity (Wildman–Crippen MR) is 118 cm³/mol. The summed E-state index contributed by atoms with van der Waals surface area (Å²) in [5, 5.41) is 1.20. The van der Waals surface area contributed by atoms with Crippen molar-refractivity contribution >= 4 is 44.3 Å². The van der Waals surface area contributed by atoms with E-state index in [1.165, 1.54) is 11.8 Å². The SMILES string of the molecule is O=C(CCc1ccccc1)N=C1S[C@@H]2CS(=O)(=O)C[C@@H]2N1Cc1ccc(Cl)cc1. The number of amides is 1. The molecule has 0 N–H and O–H groups in total. The number of halogens is 1. The molecule has 0 aliphatic carbocycles. The molecular formula is C21H21ClN2O3S2. The first-order chi connectivity index (χ1) is 13.9. The fourth-order valence-corrected chi connectivity index (χ4v) is 7.76. The zero-order chi connectivity index (χ0) is 20.4. The Hall–Kier alpha value is -1.83. The smallest absolute Gasteiger partial charge is 0.248 e. The highest BCUT2D eigenvalue weighted by Gasteiger charge is 2.48. The molecule has 0 radical (unpaired) electrons. The third-order valence-electron chi connectivity index (χ3n) is 5.13. The van der Waals surface area contributed by atoms with Crippen molar-refractivity contribution in [1.82, 2.24) is 4.90 Å². The van der Waals surface area contributed by atoms with Crippen LogP contribution in [0, 0.1) is 0 Å². The minimum atomic E-state index is -3.06. The van der Waals surface area contributed by atoms with Gasteiger partial charge in [-0.15, -0.1) is 0 Å². The van der Waals surface area contributed by atoms with Gasteiger partial charge in [-0.1, -0.05) is 65.8 Å². The summed E-state index contributed by atoms with van der Waals surface area (Å²) < 4.78 is 24.2. The highest BCUT2D eigenvalue weighted by molar-refractivity contribution is 8.15. The van der Waals surface area contributed by atoms with E-state index >= 15 is 0 Å². The van der Waals surface area contributed by atoms with Crippen molar-refractivity contribution in [3.8, 4) is 0 Å². The molecule has 0 aromatic heterocycles. The molecule has 152 valence electrons. The Balaban J connectivity index is 1.51. The summed E-state index contributed by atoms with van der Waals surface area (Å²) in [7, 11) is -3.06. The molecule has 0 bridgehead atoms. The lowest BCUT2D eigenvalue weighted by Gasteiger charge is -2.24. The van der Waals surface area contributed by atoms with Crippen molar-refractivity contribution in [2.45, 2.75) is 30.7 Å². The van der Waals surface area contributed by atoms with Crippen molar-refractivity contribution in [3.05, 3.63) is 70.7 Å². The number of hydrogen-bond donors (Lipinski definition) is 0. The molecule has 29 heavy (non-hydrogen) atoms. The monoisotopic (exact) mass is 448 g/mol. The van der Waals surface area contributed by atoms with Gasteiger partial charge in [-0.2, -0.15) is 4.99 Å². The summed E-state index contributed by atoms with van der Waals surface area (Å²) >= 11 is 7.39. The average Bonchev–Trinajstić information content (AvgIpc) is 3.15. The molecule has 2 aromatic carbocycles. The maximum atomic E-state index is 12.5. The zero-order valence-electron chi connectivity index (χ0n) is 15.7. The van der Waals surface area contributed by atoms with Gasteiger partial charge in [0, 0.05) is 23.2 Å². The summed E-state index contributed by atoms with van der Waals surface area (Å²) in [6.45, 7) is 0.506. The van der Waals surface area contributed by atoms with Crippen LogP contribution in [-0.2, 0) is 27.6 Å².